The Bertz CT molecular complexity index is 775. The molecule has 0 aliphatic heterocycles. The van der Waals surface area contributed by atoms with Gasteiger partial charge in [-0.2, -0.15) is 0 Å². The first-order valence-electron chi connectivity index (χ1n) is 6.10. The Kier molecular flexibility index (Phi) is 2.87. The lowest BCUT2D eigenvalue weighted by atomic mass is 10.2. The van der Waals surface area contributed by atoms with E-state index in [0.717, 1.165) is 16.7 Å². The number of nitrogens with zero attached hydrogens (tertiary/aromatic N) is 2. The summed E-state index contributed by atoms with van der Waals surface area (Å²) < 4.78 is 6.64. The van der Waals surface area contributed by atoms with Crippen molar-refractivity contribution >= 4 is 22.7 Å². The van der Waals surface area contributed by atoms with Crippen molar-refractivity contribution in [1.29, 1.82) is 0 Å². The Balaban J connectivity index is 2.10. The maximum absolute atomic E-state index is 11.5. The highest BCUT2D eigenvalue weighted by Gasteiger charge is 2.09. The Morgan fingerprint density at radius 2 is 1.95 bits per heavy atom. The zero-order chi connectivity index (χ0) is 14.1. The summed E-state index contributed by atoms with van der Waals surface area (Å²) in [5.74, 6) is -0.367. The first-order valence-corrected chi connectivity index (χ1v) is 6.10. The summed E-state index contributed by atoms with van der Waals surface area (Å²) in [7, 11) is 1.36. The second-order valence-corrected chi connectivity index (χ2v) is 4.40. The first-order chi connectivity index (χ1) is 9.69. The molecule has 5 heteroatoms. The van der Waals surface area contributed by atoms with Crippen LogP contribution in [0.15, 0.2) is 48.8 Å². The van der Waals surface area contributed by atoms with E-state index >= 15 is 0 Å². The Hall–Kier alpha value is -2.82. The molecule has 0 spiro atoms. The van der Waals surface area contributed by atoms with Gasteiger partial charge in [0, 0.05) is 11.4 Å². The van der Waals surface area contributed by atoms with Crippen molar-refractivity contribution in [3.05, 3.63) is 54.4 Å². The monoisotopic (exact) mass is 267 g/mol. The third kappa shape index (κ3) is 1.99. The summed E-state index contributed by atoms with van der Waals surface area (Å²) in [5, 5.41) is 0. The van der Waals surface area contributed by atoms with Crippen LogP contribution in [-0.2, 0) is 4.74 Å². The van der Waals surface area contributed by atoms with Gasteiger partial charge in [0.25, 0.3) is 0 Å². The van der Waals surface area contributed by atoms with E-state index in [1.165, 1.54) is 7.11 Å². The van der Waals surface area contributed by atoms with Crippen molar-refractivity contribution in [3.63, 3.8) is 0 Å². The summed E-state index contributed by atoms with van der Waals surface area (Å²) in [6.45, 7) is 0. The van der Waals surface area contributed by atoms with Crippen molar-refractivity contribution in [1.82, 2.24) is 9.55 Å². The van der Waals surface area contributed by atoms with Gasteiger partial charge in [-0.1, -0.05) is 0 Å². The molecular formula is C15H13N3O2. The number of imidazole rings is 1. The second-order valence-electron chi connectivity index (χ2n) is 4.40. The van der Waals surface area contributed by atoms with Gasteiger partial charge in [-0.05, 0) is 42.5 Å². The van der Waals surface area contributed by atoms with Crippen LogP contribution >= 0.6 is 0 Å². The molecule has 0 atom stereocenters. The molecule has 100 valence electrons. The van der Waals surface area contributed by atoms with Crippen molar-refractivity contribution in [2.45, 2.75) is 0 Å². The highest BCUT2D eigenvalue weighted by molar-refractivity contribution is 5.93. The van der Waals surface area contributed by atoms with E-state index in [-0.39, 0.29) is 5.97 Å². The zero-order valence-corrected chi connectivity index (χ0v) is 10.9. The van der Waals surface area contributed by atoms with Gasteiger partial charge in [0.1, 0.15) is 6.33 Å². The van der Waals surface area contributed by atoms with Gasteiger partial charge >= 0.3 is 5.97 Å². The number of nitrogen functional groups attached to an aromatic ring is 1. The number of anilines is 1. The maximum Gasteiger partial charge on any atom is 0.337 e. The highest BCUT2D eigenvalue weighted by atomic mass is 16.5. The number of nitrogens with two attached hydrogens (primary N) is 1. The predicted molar refractivity (Wildman–Crippen MR) is 76.8 cm³/mol. The summed E-state index contributed by atoms with van der Waals surface area (Å²) in [6.07, 6.45) is 1.72. The zero-order valence-electron chi connectivity index (χ0n) is 10.9. The number of methoxy groups -OCH3 is 1. The first kappa shape index (κ1) is 12.2. The lowest BCUT2D eigenvalue weighted by Crippen LogP contribution is -2.00. The van der Waals surface area contributed by atoms with Gasteiger partial charge in [0.2, 0.25) is 0 Å². The number of esters is 1. The molecule has 0 aliphatic rings. The molecule has 0 radical (unpaired) electrons. The lowest BCUT2D eigenvalue weighted by molar-refractivity contribution is 0.0601. The Morgan fingerprint density at radius 1 is 1.20 bits per heavy atom. The molecule has 0 amide bonds. The molecule has 0 unspecified atom stereocenters. The normalized spacial score (nSPS) is 10.7. The third-order valence-corrected chi connectivity index (χ3v) is 3.14. The van der Waals surface area contributed by atoms with E-state index in [9.17, 15) is 4.79 Å². The minimum Gasteiger partial charge on any atom is -0.465 e. The second kappa shape index (κ2) is 4.70. The molecule has 1 aromatic heterocycles. The van der Waals surface area contributed by atoms with Gasteiger partial charge in [0.15, 0.2) is 0 Å². The Morgan fingerprint density at radius 3 is 2.65 bits per heavy atom. The minimum absolute atomic E-state index is 0.367. The molecule has 0 bridgehead atoms. The minimum atomic E-state index is -0.367. The van der Waals surface area contributed by atoms with Gasteiger partial charge < -0.3 is 10.5 Å². The number of fused-ring (bicyclic) bond motifs is 1. The van der Waals surface area contributed by atoms with Crippen LogP contribution in [0.25, 0.3) is 16.7 Å². The molecule has 1 heterocycles. The number of aromatic nitrogens is 2. The number of hydrogen-bond donors (Lipinski definition) is 1. The summed E-state index contributed by atoms with van der Waals surface area (Å²) in [4.78, 5) is 15.8. The average molecular weight is 267 g/mol. The molecule has 5 nitrogen and oxygen atoms in total. The molecular weight excluding hydrogens is 254 g/mol. The van der Waals surface area contributed by atoms with Crippen LogP contribution in [0.5, 0.6) is 0 Å². The molecule has 0 saturated heterocycles. The predicted octanol–water partition coefficient (Wildman–Crippen LogP) is 2.39. The fraction of sp³-hybridized carbons (Fsp3) is 0.0667. The SMILES string of the molecule is COC(=O)c1ccc2c(c1)ncn2-c1ccc(N)cc1. The van der Waals surface area contributed by atoms with Crippen molar-refractivity contribution in [2.75, 3.05) is 12.8 Å². The van der Waals surface area contributed by atoms with E-state index in [4.69, 9.17) is 10.5 Å². The van der Waals surface area contributed by atoms with Crippen molar-refractivity contribution in [3.8, 4) is 5.69 Å². The molecule has 3 rings (SSSR count). The van der Waals surface area contributed by atoms with Crippen LogP contribution < -0.4 is 5.73 Å². The van der Waals surface area contributed by atoms with Crippen molar-refractivity contribution in [2.24, 2.45) is 0 Å². The molecule has 0 aliphatic carbocycles. The number of rotatable bonds is 2. The van der Waals surface area contributed by atoms with Crippen LogP contribution in [-0.4, -0.2) is 22.6 Å². The van der Waals surface area contributed by atoms with Crippen LogP contribution in [0.3, 0.4) is 0 Å². The lowest BCUT2D eigenvalue weighted by Gasteiger charge is -2.05. The summed E-state index contributed by atoms with van der Waals surface area (Å²) in [6, 6.07) is 12.8. The van der Waals surface area contributed by atoms with E-state index in [0.29, 0.717) is 11.3 Å². The number of hydrogen-bond acceptors (Lipinski definition) is 4. The Labute approximate surface area is 115 Å². The van der Waals surface area contributed by atoms with Crippen molar-refractivity contribution < 1.29 is 9.53 Å². The standard InChI is InChI=1S/C15H13N3O2/c1-20-15(19)10-2-7-14-13(8-10)17-9-18(14)12-5-3-11(16)4-6-12/h2-9H,16H2,1H3. The topological polar surface area (TPSA) is 70.1 Å². The molecule has 2 N–H and O–H groups in total. The van der Waals surface area contributed by atoms with Crippen LogP contribution in [0, 0.1) is 0 Å². The van der Waals surface area contributed by atoms with Crippen LogP contribution in [0.1, 0.15) is 10.4 Å². The van der Waals surface area contributed by atoms with E-state index < -0.39 is 0 Å². The largest absolute Gasteiger partial charge is 0.465 e. The maximum atomic E-state index is 11.5. The quantitative estimate of drug-likeness (QED) is 0.571. The van der Waals surface area contributed by atoms with Gasteiger partial charge in [-0.25, -0.2) is 9.78 Å². The van der Waals surface area contributed by atoms with Gasteiger partial charge in [0.05, 0.1) is 23.7 Å². The average Bonchev–Trinajstić information content (AvgIpc) is 2.90. The van der Waals surface area contributed by atoms with Crippen LogP contribution in [0.4, 0.5) is 5.69 Å². The van der Waals surface area contributed by atoms with E-state index in [2.05, 4.69) is 4.98 Å². The van der Waals surface area contributed by atoms with Gasteiger partial charge in [-0.3, -0.25) is 4.57 Å². The number of carbonyl (C=O) groups is 1. The number of benzene rings is 2. The molecule has 20 heavy (non-hydrogen) atoms. The summed E-state index contributed by atoms with van der Waals surface area (Å²) >= 11 is 0. The smallest absolute Gasteiger partial charge is 0.337 e. The highest BCUT2D eigenvalue weighted by Crippen LogP contribution is 2.20. The molecule has 0 fully saturated rings. The fourth-order valence-corrected chi connectivity index (χ4v) is 2.10. The number of carbonyl (C=O) groups excluding carboxylic acids is 1. The van der Waals surface area contributed by atoms with E-state index in [1.807, 2.05) is 34.9 Å². The van der Waals surface area contributed by atoms with Crippen LogP contribution in [0.2, 0.25) is 0 Å². The third-order valence-electron chi connectivity index (χ3n) is 3.14. The summed E-state index contributed by atoms with van der Waals surface area (Å²) in [5.41, 5.74) is 9.51. The molecule has 3 aromatic rings. The van der Waals surface area contributed by atoms with Gasteiger partial charge in [-0.15, -0.1) is 0 Å². The number of ether oxygens (including phenoxy) is 1. The molecule has 2 aromatic carbocycles. The van der Waals surface area contributed by atoms with E-state index in [1.54, 1.807) is 18.5 Å². The molecule has 0 saturated carbocycles. The fourth-order valence-electron chi connectivity index (χ4n) is 2.10.